The molecule has 3 amide bonds. The highest BCUT2D eigenvalue weighted by molar-refractivity contribution is 9.10. The van der Waals surface area contributed by atoms with Crippen molar-refractivity contribution in [3.8, 4) is 11.4 Å². The maximum Gasteiger partial charge on any atom is 0.329 e. The number of imide groups is 1. The van der Waals surface area contributed by atoms with Gasteiger partial charge in [0, 0.05) is 27.1 Å². The van der Waals surface area contributed by atoms with E-state index in [2.05, 4.69) is 25.8 Å². The summed E-state index contributed by atoms with van der Waals surface area (Å²) in [6.07, 6.45) is 1.71. The first-order chi connectivity index (χ1) is 18.3. The van der Waals surface area contributed by atoms with Crippen molar-refractivity contribution in [2.24, 2.45) is 0 Å². The Bertz CT molecular complexity index is 1540. The Balaban J connectivity index is 1.32. The van der Waals surface area contributed by atoms with Crippen LogP contribution in [-0.4, -0.2) is 21.4 Å². The van der Waals surface area contributed by atoms with Crippen LogP contribution in [0.4, 0.5) is 9.18 Å². The first-order valence-corrected chi connectivity index (χ1v) is 12.8. The molecule has 4 aromatic rings. The molecular weight excluding hydrogens is 549 g/mol. The highest BCUT2D eigenvalue weighted by Gasteiger charge is 2.33. The van der Waals surface area contributed by atoms with Crippen molar-refractivity contribution in [2.45, 2.75) is 27.0 Å². The van der Waals surface area contributed by atoms with Gasteiger partial charge in [0.05, 0.1) is 6.54 Å². The lowest BCUT2D eigenvalue weighted by Gasteiger charge is -2.12. The highest BCUT2D eigenvalue weighted by Crippen LogP contribution is 2.26. The molecular formula is C30H25BrFN3O3. The number of nitrogens with one attached hydrogen (secondary N) is 1. The van der Waals surface area contributed by atoms with Crippen molar-refractivity contribution in [2.75, 3.05) is 0 Å². The molecule has 1 aliphatic heterocycles. The van der Waals surface area contributed by atoms with Crippen molar-refractivity contribution in [1.29, 1.82) is 0 Å². The van der Waals surface area contributed by atoms with E-state index < -0.39 is 6.03 Å². The van der Waals surface area contributed by atoms with Gasteiger partial charge in [-0.3, -0.25) is 9.69 Å². The van der Waals surface area contributed by atoms with Crippen LogP contribution in [0.2, 0.25) is 0 Å². The molecule has 0 saturated carbocycles. The molecule has 1 aliphatic rings. The smallest absolute Gasteiger partial charge is 0.329 e. The Kier molecular flexibility index (Phi) is 7.15. The second-order valence-electron chi connectivity index (χ2n) is 9.04. The van der Waals surface area contributed by atoms with Gasteiger partial charge < -0.3 is 14.6 Å². The maximum atomic E-state index is 13.9. The number of aromatic nitrogens is 1. The van der Waals surface area contributed by atoms with Gasteiger partial charge in [0.25, 0.3) is 5.91 Å². The van der Waals surface area contributed by atoms with Gasteiger partial charge in [0.1, 0.15) is 23.9 Å². The lowest BCUT2D eigenvalue weighted by molar-refractivity contribution is -0.123. The van der Waals surface area contributed by atoms with E-state index in [1.807, 2.05) is 68.4 Å². The van der Waals surface area contributed by atoms with Crippen LogP contribution >= 0.6 is 15.9 Å². The van der Waals surface area contributed by atoms with Crippen LogP contribution in [0.5, 0.6) is 5.75 Å². The minimum Gasteiger partial charge on any atom is -0.489 e. The van der Waals surface area contributed by atoms with Gasteiger partial charge in [0.2, 0.25) is 0 Å². The largest absolute Gasteiger partial charge is 0.489 e. The van der Waals surface area contributed by atoms with Gasteiger partial charge in [-0.05, 0) is 79.6 Å². The van der Waals surface area contributed by atoms with Gasteiger partial charge in [-0.25, -0.2) is 9.18 Å². The summed E-state index contributed by atoms with van der Waals surface area (Å²) in [5.74, 6) is -0.0243. The summed E-state index contributed by atoms with van der Waals surface area (Å²) in [7, 11) is 0. The molecule has 2 heterocycles. The lowest BCUT2D eigenvalue weighted by atomic mass is 10.2. The number of carbonyl (C=O) groups is 2. The van der Waals surface area contributed by atoms with E-state index in [-0.39, 0.29) is 30.6 Å². The van der Waals surface area contributed by atoms with Crippen LogP contribution < -0.4 is 10.1 Å². The third-order valence-electron chi connectivity index (χ3n) is 6.43. The Morgan fingerprint density at radius 2 is 1.68 bits per heavy atom. The third-order valence-corrected chi connectivity index (χ3v) is 6.96. The average molecular weight is 574 g/mol. The molecule has 1 N–H and O–H groups in total. The van der Waals surface area contributed by atoms with E-state index >= 15 is 0 Å². The molecule has 8 heteroatoms. The second-order valence-corrected chi connectivity index (χ2v) is 9.96. The normalized spacial score (nSPS) is 14.3. The number of rotatable bonds is 7. The van der Waals surface area contributed by atoms with E-state index in [4.69, 9.17) is 4.74 Å². The third kappa shape index (κ3) is 5.26. The molecule has 3 aromatic carbocycles. The minimum atomic E-state index is -0.441. The second kappa shape index (κ2) is 10.7. The van der Waals surface area contributed by atoms with Crippen LogP contribution in [0.25, 0.3) is 11.8 Å². The van der Waals surface area contributed by atoms with E-state index in [1.165, 1.54) is 11.0 Å². The molecule has 0 atom stereocenters. The quantitative estimate of drug-likeness (QED) is 0.198. The fourth-order valence-electron chi connectivity index (χ4n) is 4.44. The summed E-state index contributed by atoms with van der Waals surface area (Å²) in [6, 6.07) is 23.1. The Hall–Kier alpha value is -4.17. The molecule has 192 valence electrons. The Morgan fingerprint density at radius 3 is 2.39 bits per heavy atom. The number of ether oxygens (including phenoxy) is 1. The number of nitrogens with zero attached hydrogens (tertiary/aromatic N) is 2. The Morgan fingerprint density at radius 1 is 0.974 bits per heavy atom. The van der Waals surface area contributed by atoms with E-state index in [9.17, 15) is 14.0 Å². The number of hydrogen-bond donors (Lipinski definition) is 1. The topological polar surface area (TPSA) is 63.6 Å². The number of aryl methyl sites for hydroxylation is 1. The fourth-order valence-corrected chi connectivity index (χ4v) is 4.71. The summed E-state index contributed by atoms with van der Waals surface area (Å²) < 4.78 is 22.6. The molecule has 38 heavy (non-hydrogen) atoms. The lowest BCUT2D eigenvalue weighted by Crippen LogP contribution is -2.30. The van der Waals surface area contributed by atoms with E-state index in [0.29, 0.717) is 11.3 Å². The molecule has 1 saturated heterocycles. The van der Waals surface area contributed by atoms with Gasteiger partial charge >= 0.3 is 6.03 Å². The SMILES string of the molecule is Cc1cc(/C=C2/NC(=O)N(Cc3ccc(Br)cc3)C2=O)c(C)n1-c1ccc(OCc2ccccc2F)cc1. The van der Waals surface area contributed by atoms with Gasteiger partial charge in [0.15, 0.2) is 0 Å². The fraction of sp³-hybridized carbons (Fsp3) is 0.133. The van der Waals surface area contributed by atoms with Gasteiger partial charge in [-0.2, -0.15) is 0 Å². The molecule has 0 radical (unpaired) electrons. The summed E-state index contributed by atoms with van der Waals surface area (Å²) in [4.78, 5) is 26.7. The van der Waals surface area contributed by atoms with E-state index in [1.54, 1.807) is 24.3 Å². The first-order valence-electron chi connectivity index (χ1n) is 12.0. The van der Waals surface area contributed by atoms with Crippen LogP contribution in [0.15, 0.2) is 89.0 Å². The zero-order chi connectivity index (χ0) is 26.8. The average Bonchev–Trinajstić information content (AvgIpc) is 3.33. The minimum absolute atomic E-state index is 0.143. The number of benzene rings is 3. The van der Waals surface area contributed by atoms with Crippen molar-refractivity contribution in [3.63, 3.8) is 0 Å². The number of halogens is 2. The molecule has 0 aliphatic carbocycles. The summed E-state index contributed by atoms with van der Waals surface area (Å²) in [6.45, 7) is 4.28. The molecule has 1 aromatic heterocycles. The zero-order valence-corrected chi connectivity index (χ0v) is 22.5. The monoisotopic (exact) mass is 573 g/mol. The van der Waals surface area contributed by atoms with Crippen molar-refractivity contribution in [3.05, 3.63) is 123 Å². The molecule has 6 nitrogen and oxygen atoms in total. The summed E-state index contributed by atoms with van der Waals surface area (Å²) in [5.41, 5.74) is 5.23. The number of hydrogen-bond acceptors (Lipinski definition) is 3. The van der Waals surface area contributed by atoms with Crippen LogP contribution in [0.1, 0.15) is 28.1 Å². The number of urea groups is 1. The van der Waals surface area contributed by atoms with Crippen molar-refractivity contribution in [1.82, 2.24) is 14.8 Å². The first kappa shape index (κ1) is 25.5. The molecule has 0 bridgehead atoms. The summed E-state index contributed by atoms with van der Waals surface area (Å²) >= 11 is 3.39. The Labute approximate surface area is 228 Å². The molecule has 0 unspecified atom stereocenters. The highest BCUT2D eigenvalue weighted by atomic mass is 79.9. The number of amides is 3. The van der Waals surface area contributed by atoms with Gasteiger partial charge in [-0.15, -0.1) is 0 Å². The van der Waals surface area contributed by atoms with Crippen LogP contribution in [0.3, 0.4) is 0 Å². The van der Waals surface area contributed by atoms with Crippen molar-refractivity contribution < 1.29 is 18.7 Å². The standard InChI is InChI=1S/C30H25BrFN3O3/c1-19-15-23(16-28-29(36)34(30(37)33-28)17-21-7-9-24(31)10-8-21)20(2)35(19)25-11-13-26(14-12-25)38-18-22-5-3-4-6-27(22)32/h3-16H,17-18H2,1-2H3,(H,33,37)/b28-16+. The summed E-state index contributed by atoms with van der Waals surface area (Å²) in [5, 5.41) is 2.71. The zero-order valence-electron chi connectivity index (χ0n) is 20.9. The predicted molar refractivity (Wildman–Crippen MR) is 147 cm³/mol. The maximum absolute atomic E-state index is 13.9. The molecule has 1 fully saturated rings. The van der Waals surface area contributed by atoms with Crippen LogP contribution in [-0.2, 0) is 17.9 Å². The van der Waals surface area contributed by atoms with Crippen LogP contribution in [0, 0.1) is 19.7 Å². The van der Waals surface area contributed by atoms with Gasteiger partial charge in [-0.1, -0.05) is 46.3 Å². The van der Waals surface area contributed by atoms with E-state index in [0.717, 1.165) is 32.7 Å². The van der Waals surface area contributed by atoms with Crippen molar-refractivity contribution >= 4 is 33.9 Å². The number of carbonyl (C=O) groups excluding carboxylic acids is 2. The molecule has 5 rings (SSSR count). The predicted octanol–water partition coefficient (Wildman–Crippen LogP) is 6.67. The molecule has 0 spiro atoms.